The summed E-state index contributed by atoms with van der Waals surface area (Å²) < 4.78 is 16.0. The van der Waals surface area contributed by atoms with E-state index in [0.29, 0.717) is 11.1 Å². The molecule has 2 aromatic heterocycles. The molecule has 0 fully saturated rings. The molecule has 7 nitrogen and oxygen atoms in total. The molecule has 2 heterocycles. The molecule has 0 unspecified atom stereocenters. The lowest BCUT2D eigenvalue weighted by Gasteiger charge is -2.15. The minimum Gasteiger partial charge on any atom is -0.350 e. The predicted octanol–water partition coefficient (Wildman–Crippen LogP) is 3.52. The van der Waals surface area contributed by atoms with E-state index in [-0.39, 0.29) is 23.8 Å². The summed E-state index contributed by atoms with van der Waals surface area (Å²) in [5.41, 5.74) is 4.01. The van der Waals surface area contributed by atoms with Gasteiger partial charge in [0.05, 0.1) is 22.5 Å². The van der Waals surface area contributed by atoms with Gasteiger partial charge in [0, 0.05) is 6.54 Å². The van der Waals surface area contributed by atoms with Gasteiger partial charge in [0.2, 0.25) is 5.91 Å². The van der Waals surface area contributed by atoms with E-state index in [4.69, 9.17) is 0 Å². The van der Waals surface area contributed by atoms with Gasteiger partial charge in [-0.3, -0.25) is 9.59 Å². The molecule has 0 aliphatic heterocycles. The molecule has 1 amide bonds. The van der Waals surface area contributed by atoms with E-state index in [0.717, 1.165) is 22.5 Å². The summed E-state index contributed by atoms with van der Waals surface area (Å²) in [4.78, 5) is 25.9. The summed E-state index contributed by atoms with van der Waals surface area (Å²) >= 11 is 0. The number of aryl methyl sites for hydroxylation is 3. The van der Waals surface area contributed by atoms with Crippen LogP contribution < -0.4 is 10.9 Å². The maximum Gasteiger partial charge on any atom is 0.295 e. The van der Waals surface area contributed by atoms with Crippen LogP contribution in [-0.4, -0.2) is 25.5 Å². The molecule has 0 spiro atoms. The van der Waals surface area contributed by atoms with Gasteiger partial charge >= 0.3 is 0 Å². The number of nitrogens with one attached hydrogen (secondary N) is 1. The highest BCUT2D eigenvalue weighted by Crippen LogP contribution is 2.22. The molecule has 1 N–H and O–H groups in total. The zero-order valence-corrected chi connectivity index (χ0v) is 18.4. The molecule has 4 aromatic rings. The monoisotopic (exact) mass is 433 g/mol. The van der Waals surface area contributed by atoms with Crippen LogP contribution >= 0.6 is 0 Å². The van der Waals surface area contributed by atoms with Gasteiger partial charge in [-0.25, -0.2) is 13.8 Å². The maximum atomic E-state index is 13.2. The Kier molecular flexibility index (Phi) is 5.61. The van der Waals surface area contributed by atoms with Crippen molar-refractivity contribution in [1.29, 1.82) is 0 Å². The van der Waals surface area contributed by atoms with Crippen LogP contribution in [0.4, 0.5) is 4.39 Å². The summed E-state index contributed by atoms with van der Waals surface area (Å²) in [6, 6.07) is 12.9. The number of fused-ring (bicyclic) bond motifs is 1. The fraction of sp³-hybridized carbons (Fsp3) is 0.250. The number of benzene rings is 2. The number of aromatic nitrogens is 4. The zero-order chi connectivity index (χ0) is 23.0. The number of hydrogen-bond donors (Lipinski definition) is 1. The topological polar surface area (TPSA) is 81.8 Å². The number of nitrogens with zero attached hydrogens (tertiary/aromatic N) is 4. The average Bonchev–Trinajstić information content (AvgIpc) is 3.13. The third-order valence-electron chi connectivity index (χ3n) is 5.55. The lowest BCUT2D eigenvalue weighted by molar-refractivity contribution is -0.124. The summed E-state index contributed by atoms with van der Waals surface area (Å²) in [7, 11) is 0. The first-order valence-corrected chi connectivity index (χ1v) is 10.3. The van der Waals surface area contributed by atoms with Crippen LogP contribution in [0.5, 0.6) is 0 Å². The summed E-state index contributed by atoms with van der Waals surface area (Å²) in [6.45, 7) is 7.54. The van der Waals surface area contributed by atoms with Gasteiger partial charge in [-0.15, -0.1) is 0 Å². The summed E-state index contributed by atoms with van der Waals surface area (Å²) in [5.74, 6) is -0.703. The molecule has 4 rings (SSSR count). The first-order valence-electron chi connectivity index (χ1n) is 10.3. The molecule has 0 aliphatic rings. The number of hydrogen-bond acceptors (Lipinski definition) is 4. The van der Waals surface area contributed by atoms with Crippen molar-refractivity contribution in [2.75, 3.05) is 0 Å². The minimum absolute atomic E-state index is 0.223. The normalized spacial score (nSPS) is 12.2. The Morgan fingerprint density at radius 2 is 1.69 bits per heavy atom. The van der Waals surface area contributed by atoms with Crippen LogP contribution in [0.1, 0.15) is 35.5 Å². The Bertz CT molecular complexity index is 1350. The fourth-order valence-electron chi connectivity index (χ4n) is 3.70. The Labute approximate surface area is 184 Å². The fourth-order valence-corrected chi connectivity index (χ4v) is 3.70. The Hall–Kier alpha value is -3.81. The first kappa shape index (κ1) is 21.4. The van der Waals surface area contributed by atoms with Gasteiger partial charge < -0.3 is 5.32 Å². The average molecular weight is 433 g/mol. The van der Waals surface area contributed by atoms with Crippen LogP contribution in [0, 0.1) is 26.6 Å². The number of carbonyl (C=O) groups excluding carboxylic acids is 1. The SMILES string of the molecule is Cc1ccc(-n2nc3c(=O)n([C@H](C)C(=O)NCc4ccc(F)cc4)nc(C)c3c2C)cc1. The predicted molar refractivity (Wildman–Crippen MR) is 120 cm³/mol. The van der Waals surface area contributed by atoms with E-state index in [2.05, 4.69) is 15.5 Å². The molecule has 0 radical (unpaired) electrons. The van der Waals surface area contributed by atoms with E-state index < -0.39 is 11.6 Å². The van der Waals surface area contributed by atoms with Gasteiger partial charge in [-0.1, -0.05) is 29.8 Å². The second-order valence-electron chi connectivity index (χ2n) is 7.91. The molecular formula is C24H24FN5O2. The van der Waals surface area contributed by atoms with Gasteiger partial charge in [0.1, 0.15) is 11.9 Å². The number of rotatable bonds is 5. The number of amides is 1. The van der Waals surface area contributed by atoms with Crippen LogP contribution in [-0.2, 0) is 11.3 Å². The third-order valence-corrected chi connectivity index (χ3v) is 5.55. The minimum atomic E-state index is -0.837. The molecule has 0 bridgehead atoms. The molecule has 2 aromatic carbocycles. The van der Waals surface area contributed by atoms with E-state index in [1.54, 1.807) is 30.7 Å². The van der Waals surface area contributed by atoms with E-state index in [1.165, 1.54) is 16.8 Å². The van der Waals surface area contributed by atoms with Crippen LogP contribution in [0.3, 0.4) is 0 Å². The van der Waals surface area contributed by atoms with Gasteiger partial charge in [-0.2, -0.15) is 10.2 Å². The van der Waals surface area contributed by atoms with Crippen LogP contribution in [0.2, 0.25) is 0 Å². The Morgan fingerprint density at radius 3 is 2.34 bits per heavy atom. The van der Waals surface area contributed by atoms with Crippen LogP contribution in [0.25, 0.3) is 16.6 Å². The summed E-state index contributed by atoms with van der Waals surface area (Å²) in [6.07, 6.45) is 0. The lowest BCUT2D eigenvalue weighted by Crippen LogP contribution is -2.37. The van der Waals surface area contributed by atoms with Crippen molar-refractivity contribution in [1.82, 2.24) is 24.9 Å². The second-order valence-corrected chi connectivity index (χ2v) is 7.91. The van der Waals surface area contributed by atoms with Crippen molar-refractivity contribution in [3.63, 3.8) is 0 Å². The number of carbonyl (C=O) groups is 1. The quantitative estimate of drug-likeness (QED) is 0.522. The third kappa shape index (κ3) is 3.91. The zero-order valence-electron chi connectivity index (χ0n) is 18.4. The van der Waals surface area contributed by atoms with Crippen molar-refractivity contribution in [2.24, 2.45) is 0 Å². The largest absolute Gasteiger partial charge is 0.350 e. The molecular weight excluding hydrogens is 409 g/mol. The second kappa shape index (κ2) is 8.37. The smallest absolute Gasteiger partial charge is 0.295 e. The van der Waals surface area contributed by atoms with Crippen molar-refractivity contribution < 1.29 is 9.18 Å². The number of halogens is 1. The molecule has 0 aliphatic carbocycles. The highest BCUT2D eigenvalue weighted by molar-refractivity contribution is 5.84. The Morgan fingerprint density at radius 1 is 1.03 bits per heavy atom. The first-order chi connectivity index (χ1) is 15.3. The lowest BCUT2D eigenvalue weighted by atomic mass is 10.2. The molecule has 32 heavy (non-hydrogen) atoms. The molecule has 0 saturated carbocycles. The highest BCUT2D eigenvalue weighted by Gasteiger charge is 2.23. The van der Waals surface area contributed by atoms with Crippen molar-refractivity contribution in [3.05, 3.63) is 87.2 Å². The molecule has 1 atom stereocenters. The maximum absolute atomic E-state index is 13.2. The standard InChI is InChI=1S/C24H24FN5O2/c1-14-5-11-20(12-6-14)29-16(3)21-15(2)27-30(24(32)22(21)28-29)17(4)23(31)26-13-18-7-9-19(25)10-8-18/h5-12,17H,13H2,1-4H3,(H,26,31)/t17-/m1/s1. The Balaban J connectivity index is 1.66. The van der Waals surface area contributed by atoms with Crippen molar-refractivity contribution in [2.45, 2.75) is 40.3 Å². The molecule has 0 saturated heterocycles. The van der Waals surface area contributed by atoms with Gasteiger partial charge in [-0.05, 0) is 57.5 Å². The van der Waals surface area contributed by atoms with Gasteiger partial charge in [0.25, 0.3) is 5.56 Å². The highest BCUT2D eigenvalue weighted by atomic mass is 19.1. The molecule has 164 valence electrons. The van der Waals surface area contributed by atoms with Crippen molar-refractivity contribution in [3.8, 4) is 5.69 Å². The van der Waals surface area contributed by atoms with E-state index in [1.807, 2.05) is 38.1 Å². The van der Waals surface area contributed by atoms with Crippen LogP contribution in [0.15, 0.2) is 53.3 Å². The van der Waals surface area contributed by atoms with E-state index >= 15 is 0 Å². The van der Waals surface area contributed by atoms with Crippen molar-refractivity contribution >= 4 is 16.8 Å². The van der Waals surface area contributed by atoms with Gasteiger partial charge in [0.15, 0.2) is 5.52 Å². The molecule has 8 heteroatoms. The van der Waals surface area contributed by atoms with E-state index in [9.17, 15) is 14.0 Å². The summed E-state index contributed by atoms with van der Waals surface area (Å²) in [5, 5.41) is 12.4.